The van der Waals surface area contributed by atoms with E-state index in [2.05, 4.69) is 11.9 Å². The van der Waals surface area contributed by atoms with E-state index < -0.39 is 5.91 Å². The number of carbonyl (C=O) groups is 3. The number of carbonyl (C=O) groups excluding carboxylic acids is 3. The normalized spacial score (nSPS) is 19.4. The van der Waals surface area contributed by atoms with Gasteiger partial charge in [0, 0.05) is 42.0 Å². The van der Waals surface area contributed by atoms with Gasteiger partial charge in [0.15, 0.2) is 0 Å². The largest absolute Gasteiger partial charge is 0.381 e. The van der Waals surface area contributed by atoms with Crippen molar-refractivity contribution in [1.29, 1.82) is 0 Å². The Labute approximate surface area is 213 Å². The third-order valence-electron chi connectivity index (χ3n) is 7.00. The van der Waals surface area contributed by atoms with Gasteiger partial charge in [0.2, 0.25) is 5.91 Å². The first-order chi connectivity index (χ1) is 17.3. The fourth-order valence-electron chi connectivity index (χ4n) is 4.92. The van der Waals surface area contributed by atoms with Gasteiger partial charge in [-0.1, -0.05) is 18.7 Å². The van der Waals surface area contributed by atoms with Crippen LogP contribution in [0.25, 0.3) is 20.8 Å². The second-order valence-corrected chi connectivity index (χ2v) is 10.4. The highest BCUT2D eigenvalue weighted by molar-refractivity contribution is 7.21. The molecule has 0 radical (unpaired) electrons. The molecule has 2 heterocycles. The number of benzene rings is 2. The van der Waals surface area contributed by atoms with E-state index in [1.165, 1.54) is 11.3 Å². The highest BCUT2D eigenvalue weighted by Crippen LogP contribution is 2.37. The Kier molecular flexibility index (Phi) is 6.59. The number of aromatic nitrogens is 1. The SMILES string of the molecule is C=C(CN1Cc2c(cccc2-c2nc3ccc(C(=O)NC4CCC(OC)CC4)cc3s2)C1=O)C(N)=O. The molecule has 0 atom stereocenters. The molecule has 3 aromatic rings. The number of nitrogens with two attached hydrogens (primary N) is 1. The number of rotatable bonds is 7. The summed E-state index contributed by atoms with van der Waals surface area (Å²) in [5, 5.41) is 3.94. The maximum Gasteiger partial charge on any atom is 0.254 e. The van der Waals surface area contributed by atoms with Crippen molar-refractivity contribution in [2.45, 2.75) is 44.4 Å². The van der Waals surface area contributed by atoms with Crippen molar-refractivity contribution in [3.8, 4) is 10.6 Å². The van der Waals surface area contributed by atoms with Crippen molar-refractivity contribution < 1.29 is 19.1 Å². The summed E-state index contributed by atoms with van der Waals surface area (Å²) < 4.78 is 6.32. The van der Waals surface area contributed by atoms with Gasteiger partial charge in [0.1, 0.15) is 5.01 Å². The summed E-state index contributed by atoms with van der Waals surface area (Å²) in [4.78, 5) is 43.6. The highest BCUT2D eigenvalue weighted by Gasteiger charge is 2.31. The summed E-state index contributed by atoms with van der Waals surface area (Å²) in [6.45, 7) is 4.12. The predicted octanol–water partition coefficient (Wildman–Crippen LogP) is 3.65. The zero-order valence-electron chi connectivity index (χ0n) is 20.1. The van der Waals surface area contributed by atoms with E-state index in [-0.39, 0.29) is 36.1 Å². The molecule has 2 aromatic carbocycles. The van der Waals surface area contributed by atoms with Crippen LogP contribution in [0.5, 0.6) is 0 Å². The number of ether oxygens (including phenoxy) is 1. The van der Waals surface area contributed by atoms with Crippen molar-refractivity contribution in [3.63, 3.8) is 0 Å². The van der Waals surface area contributed by atoms with Crippen LogP contribution in [0.3, 0.4) is 0 Å². The molecule has 36 heavy (non-hydrogen) atoms. The molecule has 2 aliphatic rings. The average Bonchev–Trinajstić information content (AvgIpc) is 3.44. The number of hydrogen-bond acceptors (Lipinski definition) is 6. The van der Waals surface area contributed by atoms with Crippen molar-refractivity contribution in [2.24, 2.45) is 5.73 Å². The third-order valence-corrected chi connectivity index (χ3v) is 8.05. The molecule has 0 unspecified atom stereocenters. The van der Waals surface area contributed by atoms with E-state index in [1.807, 2.05) is 24.3 Å². The summed E-state index contributed by atoms with van der Waals surface area (Å²) in [6.07, 6.45) is 4.03. The lowest BCUT2D eigenvalue weighted by molar-refractivity contribution is -0.114. The molecule has 1 saturated carbocycles. The molecular weight excluding hydrogens is 476 g/mol. The molecule has 1 aliphatic heterocycles. The molecule has 3 N–H and O–H groups in total. The molecule has 0 bridgehead atoms. The Hall–Kier alpha value is -3.56. The third kappa shape index (κ3) is 4.64. The molecule has 1 fully saturated rings. The van der Waals surface area contributed by atoms with Crippen molar-refractivity contribution in [2.75, 3.05) is 13.7 Å². The van der Waals surface area contributed by atoms with Gasteiger partial charge in [0.05, 0.1) is 22.9 Å². The van der Waals surface area contributed by atoms with Gasteiger partial charge in [-0.3, -0.25) is 14.4 Å². The van der Waals surface area contributed by atoms with Crippen LogP contribution in [-0.4, -0.2) is 53.4 Å². The number of fused-ring (bicyclic) bond motifs is 2. The van der Waals surface area contributed by atoms with Crippen LogP contribution in [0.2, 0.25) is 0 Å². The van der Waals surface area contributed by atoms with Crippen LogP contribution in [-0.2, 0) is 16.1 Å². The Morgan fingerprint density at radius 1 is 1.19 bits per heavy atom. The minimum Gasteiger partial charge on any atom is -0.381 e. The maximum atomic E-state index is 12.9. The number of nitrogens with one attached hydrogen (secondary N) is 1. The van der Waals surface area contributed by atoms with Crippen LogP contribution < -0.4 is 11.1 Å². The number of methoxy groups -OCH3 is 1. The van der Waals surface area contributed by atoms with Crippen LogP contribution in [0.1, 0.15) is 52.0 Å². The minimum absolute atomic E-state index is 0.0794. The molecular formula is C27H28N4O4S. The molecule has 1 aromatic heterocycles. The highest BCUT2D eigenvalue weighted by atomic mass is 32.1. The fourth-order valence-corrected chi connectivity index (χ4v) is 5.98. The summed E-state index contributed by atoms with van der Waals surface area (Å²) in [6, 6.07) is 11.3. The molecule has 9 heteroatoms. The monoisotopic (exact) mass is 504 g/mol. The standard InChI is InChI=1S/C27H28N4O4S/c1-15(24(28)32)13-31-14-21-19(4-3-5-20(21)27(31)34)26-30-22-11-6-16(12-23(22)36-26)25(33)29-17-7-9-18(35-2)10-8-17/h3-6,11-12,17-18H,1,7-10,13-14H2,2H3,(H2,28,32)(H,29,33). The first kappa shape index (κ1) is 24.1. The van der Waals surface area contributed by atoms with Gasteiger partial charge >= 0.3 is 0 Å². The van der Waals surface area contributed by atoms with Crippen molar-refractivity contribution in [3.05, 3.63) is 65.2 Å². The van der Waals surface area contributed by atoms with Gasteiger partial charge < -0.3 is 20.7 Å². The summed E-state index contributed by atoms with van der Waals surface area (Å²) >= 11 is 1.49. The number of hydrogen-bond donors (Lipinski definition) is 2. The molecule has 5 rings (SSSR count). The lowest BCUT2D eigenvalue weighted by Crippen LogP contribution is -2.38. The quantitative estimate of drug-likeness (QED) is 0.477. The van der Waals surface area contributed by atoms with Crippen molar-refractivity contribution in [1.82, 2.24) is 15.2 Å². The molecule has 8 nitrogen and oxygen atoms in total. The second-order valence-electron chi connectivity index (χ2n) is 9.35. The van der Waals surface area contributed by atoms with E-state index in [4.69, 9.17) is 15.5 Å². The zero-order chi connectivity index (χ0) is 25.4. The maximum absolute atomic E-state index is 12.9. The smallest absolute Gasteiger partial charge is 0.254 e. The number of amides is 3. The van der Waals surface area contributed by atoms with E-state index in [0.717, 1.165) is 52.0 Å². The molecule has 186 valence electrons. The van der Waals surface area contributed by atoms with Crippen molar-refractivity contribution >= 4 is 39.3 Å². The van der Waals surface area contributed by atoms with Gasteiger partial charge in [-0.15, -0.1) is 11.3 Å². The number of thiazole rings is 1. The van der Waals surface area contributed by atoms with Crippen LogP contribution in [0.4, 0.5) is 0 Å². The first-order valence-electron chi connectivity index (χ1n) is 12.0. The van der Waals surface area contributed by atoms with Crippen LogP contribution in [0, 0.1) is 0 Å². The van der Waals surface area contributed by atoms with Gasteiger partial charge in [-0.25, -0.2) is 4.98 Å². The van der Waals surface area contributed by atoms with Gasteiger partial charge in [0.25, 0.3) is 11.8 Å². The van der Waals surface area contributed by atoms with E-state index >= 15 is 0 Å². The molecule has 3 amide bonds. The molecule has 1 aliphatic carbocycles. The summed E-state index contributed by atoms with van der Waals surface area (Å²) in [5.41, 5.74) is 9.23. The Bertz CT molecular complexity index is 1370. The number of nitrogens with zero attached hydrogens (tertiary/aromatic N) is 2. The topological polar surface area (TPSA) is 115 Å². The van der Waals surface area contributed by atoms with E-state index in [9.17, 15) is 14.4 Å². The Balaban J connectivity index is 1.36. The Morgan fingerprint density at radius 3 is 2.67 bits per heavy atom. The lowest BCUT2D eigenvalue weighted by Gasteiger charge is -2.28. The average molecular weight is 505 g/mol. The molecule has 0 saturated heterocycles. The zero-order valence-corrected chi connectivity index (χ0v) is 20.9. The number of primary amides is 1. The van der Waals surface area contributed by atoms with Crippen LogP contribution in [0.15, 0.2) is 48.6 Å². The minimum atomic E-state index is -0.618. The van der Waals surface area contributed by atoms with Gasteiger partial charge in [-0.05, 0) is 55.5 Å². The Morgan fingerprint density at radius 2 is 1.94 bits per heavy atom. The van der Waals surface area contributed by atoms with E-state index in [0.29, 0.717) is 17.7 Å². The molecule has 0 spiro atoms. The second kappa shape index (κ2) is 9.83. The van der Waals surface area contributed by atoms with E-state index in [1.54, 1.807) is 24.1 Å². The van der Waals surface area contributed by atoms with Gasteiger partial charge in [-0.2, -0.15) is 0 Å². The first-order valence-corrected chi connectivity index (χ1v) is 12.8. The summed E-state index contributed by atoms with van der Waals surface area (Å²) in [5.74, 6) is -0.856. The fraction of sp³-hybridized carbons (Fsp3) is 0.333. The predicted molar refractivity (Wildman–Crippen MR) is 139 cm³/mol. The summed E-state index contributed by atoms with van der Waals surface area (Å²) in [7, 11) is 1.74. The lowest BCUT2D eigenvalue weighted by atomic mass is 9.93. The van der Waals surface area contributed by atoms with Crippen LogP contribution >= 0.6 is 11.3 Å².